The van der Waals surface area contributed by atoms with Gasteiger partial charge in [0.2, 0.25) is 0 Å². The number of carbonyl (C=O) groups excluding carboxylic acids is 1. The van der Waals surface area contributed by atoms with Crippen molar-refractivity contribution in [3.63, 3.8) is 0 Å². The smallest absolute Gasteiger partial charge is 0.305 e. The highest BCUT2D eigenvalue weighted by Gasteiger charge is 2.03. The molecule has 0 spiro atoms. The average molecular weight is 337 g/mol. The number of allylic oxidation sites excluding steroid dienone is 5. The Morgan fingerprint density at radius 3 is 2.29 bits per heavy atom. The lowest BCUT2D eigenvalue weighted by Gasteiger charge is -2.06. The van der Waals surface area contributed by atoms with Crippen LogP contribution in [0.5, 0.6) is 0 Å². The highest BCUT2D eigenvalue weighted by molar-refractivity contribution is 5.68. The molecule has 0 fully saturated rings. The molecule has 3 heteroatoms. The van der Waals surface area contributed by atoms with E-state index in [4.69, 9.17) is 0 Å². The number of hydrogen-bond acceptors (Lipinski definition) is 3. The summed E-state index contributed by atoms with van der Waals surface area (Å²) in [6.07, 6.45) is 23.2. The van der Waals surface area contributed by atoms with E-state index in [1.807, 2.05) is 6.08 Å². The van der Waals surface area contributed by atoms with Gasteiger partial charge >= 0.3 is 5.97 Å². The van der Waals surface area contributed by atoms with Crippen LogP contribution in [0.15, 0.2) is 36.5 Å². The quantitative estimate of drug-likeness (QED) is 0.244. The van der Waals surface area contributed by atoms with Gasteiger partial charge in [0.05, 0.1) is 13.2 Å². The molecule has 0 radical (unpaired) electrons. The Morgan fingerprint density at radius 2 is 1.62 bits per heavy atom. The highest BCUT2D eigenvalue weighted by atomic mass is 16.5. The van der Waals surface area contributed by atoms with E-state index in [-0.39, 0.29) is 12.1 Å². The lowest BCUT2D eigenvalue weighted by atomic mass is 10.1. The molecule has 0 aromatic heterocycles. The third kappa shape index (κ3) is 17.0. The van der Waals surface area contributed by atoms with Gasteiger partial charge in [0, 0.05) is 6.42 Å². The fraction of sp³-hybridized carbons (Fsp3) is 0.667. The van der Waals surface area contributed by atoms with Crippen LogP contribution in [0.3, 0.4) is 0 Å². The molecule has 24 heavy (non-hydrogen) atoms. The van der Waals surface area contributed by atoms with Crippen LogP contribution in [-0.4, -0.2) is 24.3 Å². The number of aliphatic hydroxyl groups excluding tert-OH is 1. The molecule has 3 nitrogen and oxygen atoms in total. The predicted octanol–water partition coefficient (Wildman–Crippen LogP) is 5.50. The van der Waals surface area contributed by atoms with Crippen molar-refractivity contribution in [2.45, 2.75) is 83.7 Å². The number of ether oxygens (including phenoxy) is 1. The zero-order valence-electron chi connectivity index (χ0n) is 15.6. The zero-order valence-corrected chi connectivity index (χ0v) is 15.6. The van der Waals surface area contributed by atoms with Crippen molar-refractivity contribution >= 4 is 5.97 Å². The molecule has 0 aromatic rings. The molecular weight excluding hydrogens is 300 g/mol. The van der Waals surface area contributed by atoms with Gasteiger partial charge in [-0.3, -0.25) is 4.79 Å². The fourth-order valence-corrected chi connectivity index (χ4v) is 2.29. The number of unbranched alkanes of at least 4 members (excludes halogenated alkanes) is 4. The van der Waals surface area contributed by atoms with Crippen LogP contribution in [0.25, 0.3) is 0 Å². The number of esters is 1. The molecule has 0 bridgehead atoms. The maximum atomic E-state index is 10.9. The Hall–Kier alpha value is -1.35. The first kappa shape index (κ1) is 22.6. The molecule has 1 unspecified atom stereocenters. The first-order valence-electron chi connectivity index (χ1n) is 9.40. The predicted molar refractivity (Wildman–Crippen MR) is 102 cm³/mol. The molecular formula is C21H36O3. The molecule has 0 rings (SSSR count). The van der Waals surface area contributed by atoms with Gasteiger partial charge in [0.15, 0.2) is 0 Å². The number of aliphatic hydroxyl groups is 1. The van der Waals surface area contributed by atoms with Gasteiger partial charge < -0.3 is 9.84 Å². The Kier molecular flexibility index (Phi) is 17.0. The summed E-state index contributed by atoms with van der Waals surface area (Å²) in [5, 5.41) is 9.84. The molecule has 0 saturated carbocycles. The monoisotopic (exact) mass is 336 g/mol. The van der Waals surface area contributed by atoms with E-state index in [2.05, 4.69) is 42.0 Å². The second kappa shape index (κ2) is 18.0. The molecule has 0 aliphatic carbocycles. The molecule has 0 aliphatic heterocycles. The summed E-state index contributed by atoms with van der Waals surface area (Å²) in [7, 11) is 1.40. The number of hydrogen-bond donors (Lipinski definition) is 1. The SMILES string of the molecule is CCCCC/C=C/C/C=C/C/C=C/CC(O)CCCCC(=O)OC. The minimum absolute atomic E-state index is 0.174. The van der Waals surface area contributed by atoms with E-state index < -0.39 is 0 Å². The van der Waals surface area contributed by atoms with Gasteiger partial charge in [-0.15, -0.1) is 0 Å². The Labute approximate surface area is 148 Å². The Bertz CT molecular complexity index is 369. The van der Waals surface area contributed by atoms with Gasteiger partial charge in [0.1, 0.15) is 0 Å². The largest absolute Gasteiger partial charge is 0.469 e. The first-order valence-corrected chi connectivity index (χ1v) is 9.40. The van der Waals surface area contributed by atoms with Crippen LogP contribution in [0.1, 0.15) is 77.6 Å². The Balaban J connectivity index is 3.49. The van der Waals surface area contributed by atoms with E-state index >= 15 is 0 Å². The summed E-state index contributed by atoms with van der Waals surface area (Å²) in [5.74, 6) is -0.174. The Morgan fingerprint density at radius 1 is 0.958 bits per heavy atom. The van der Waals surface area contributed by atoms with Gasteiger partial charge in [-0.05, 0) is 44.9 Å². The second-order valence-corrected chi connectivity index (χ2v) is 6.09. The summed E-state index contributed by atoms with van der Waals surface area (Å²) < 4.78 is 4.58. The van der Waals surface area contributed by atoms with Crippen LogP contribution in [0, 0.1) is 0 Å². The molecule has 138 valence electrons. The van der Waals surface area contributed by atoms with Crippen molar-refractivity contribution in [2.75, 3.05) is 7.11 Å². The number of carbonyl (C=O) groups is 1. The van der Waals surface area contributed by atoms with Gasteiger partial charge in [-0.1, -0.05) is 62.6 Å². The molecule has 0 aromatic carbocycles. The van der Waals surface area contributed by atoms with Crippen LogP contribution < -0.4 is 0 Å². The van der Waals surface area contributed by atoms with Crippen LogP contribution in [0.4, 0.5) is 0 Å². The molecule has 0 amide bonds. The lowest BCUT2D eigenvalue weighted by Crippen LogP contribution is -2.05. The second-order valence-electron chi connectivity index (χ2n) is 6.09. The van der Waals surface area contributed by atoms with Gasteiger partial charge in [-0.2, -0.15) is 0 Å². The van der Waals surface area contributed by atoms with E-state index in [9.17, 15) is 9.90 Å². The van der Waals surface area contributed by atoms with Gasteiger partial charge in [-0.25, -0.2) is 0 Å². The maximum absolute atomic E-state index is 10.9. The summed E-state index contributed by atoms with van der Waals surface area (Å²) in [6, 6.07) is 0. The molecule has 1 atom stereocenters. The third-order valence-corrected chi connectivity index (χ3v) is 3.82. The molecule has 0 heterocycles. The minimum Gasteiger partial charge on any atom is -0.469 e. The van der Waals surface area contributed by atoms with Crippen molar-refractivity contribution in [3.05, 3.63) is 36.5 Å². The van der Waals surface area contributed by atoms with E-state index in [0.717, 1.165) is 32.1 Å². The number of rotatable bonds is 15. The third-order valence-electron chi connectivity index (χ3n) is 3.82. The summed E-state index contributed by atoms with van der Waals surface area (Å²) >= 11 is 0. The van der Waals surface area contributed by atoms with Crippen LogP contribution in [-0.2, 0) is 9.53 Å². The van der Waals surface area contributed by atoms with Crippen molar-refractivity contribution in [1.82, 2.24) is 0 Å². The van der Waals surface area contributed by atoms with Gasteiger partial charge in [0.25, 0.3) is 0 Å². The highest BCUT2D eigenvalue weighted by Crippen LogP contribution is 2.08. The number of methoxy groups -OCH3 is 1. The summed E-state index contributed by atoms with van der Waals surface area (Å²) in [6.45, 7) is 2.23. The first-order chi connectivity index (χ1) is 11.7. The van der Waals surface area contributed by atoms with E-state index in [0.29, 0.717) is 12.8 Å². The van der Waals surface area contributed by atoms with E-state index in [1.54, 1.807) is 0 Å². The van der Waals surface area contributed by atoms with Crippen LogP contribution in [0.2, 0.25) is 0 Å². The maximum Gasteiger partial charge on any atom is 0.305 e. The summed E-state index contributed by atoms with van der Waals surface area (Å²) in [5.41, 5.74) is 0. The summed E-state index contributed by atoms with van der Waals surface area (Å²) in [4.78, 5) is 10.9. The minimum atomic E-state index is -0.311. The standard InChI is InChI=1S/C21H36O3/c1-3-4-5-6-7-8-9-10-11-12-13-14-17-20(22)18-15-16-19-21(23)24-2/h7-8,10-11,13-14,20,22H,3-6,9,12,15-19H2,1-2H3/b8-7+,11-10+,14-13+. The van der Waals surface area contributed by atoms with Crippen molar-refractivity contribution in [3.8, 4) is 0 Å². The topological polar surface area (TPSA) is 46.5 Å². The van der Waals surface area contributed by atoms with Crippen molar-refractivity contribution in [2.24, 2.45) is 0 Å². The van der Waals surface area contributed by atoms with E-state index in [1.165, 1.54) is 32.8 Å². The molecule has 1 N–H and O–H groups in total. The lowest BCUT2D eigenvalue weighted by molar-refractivity contribution is -0.140. The van der Waals surface area contributed by atoms with Crippen molar-refractivity contribution in [1.29, 1.82) is 0 Å². The normalized spacial score (nSPS) is 13.3. The zero-order chi connectivity index (χ0) is 17.9. The van der Waals surface area contributed by atoms with Crippen LogP contribution >= 0.6 is 0 Å². The van der Waals surface area contributed by atoms with Crippen molar-refractivity contribution < 1.29 is 14.6 Å². The fourth-order valence-electron chi connectivity index (χ4n) is 2.29. The molecule has 0 saturated heterocycles. The average Bonchev–Trinajstić information content (AvgIpc) is 2.59. The molecule has 0 aliphatic rings.